The van der Waals surface area contributed by atoms with Crippen LogP contribution in [-0.4, -0.2) is 46.7 Å². The van der Waals surface area contributed by atoms with Gasteiger partial charge in [0.25, 0.3) is 5.91 Å². The van der Waals surface area contributed by atoms with Crippen molar-refractivity contribution >= 4 is 15.9 Å². The standard InChI is InChI=1S/C16H26N2O5S/c1-11(2)18-24(20,21)14-6-7-15(12(3)8-14)23-10-16(19)17-13(4)9-22-5/h6-8,11,13,18H,9-10H2,1-5H3,(H,17,19)/t13-/m1/s1. The normalized spacial score (nSPS) is 12.9. The van der Waals surface area contributed by atoms with Crippen molar-refractivity contribution in [3.63, 3.8) is 0 Å². The Bertz CT molecular complexity index is 658. The highest BCUT2D eigenvalue weighted by Gasteiger charge is 2.17. The molecule has 0 unspecified atom stereocenters. The monoisotopic (exact) mass is 358 g/mol. The Labute approximate surface area is 143 Å². The number of carbonyl (C=O) groups is 1. The molecule has 7 nitrogen and oxygen atoms in total. The van der Waals surface area contributed by atoms with Gasteiger partial charge in [-0.3, -0.25) is 4.79 Å². The quantitative estimate of drug-likeness (QED) is 0.692. The molecule has 1 aromatic carbocycles. The van der Waals surface area contributed by atoms with Crippen LogP contribution in [0.25, 0.3) is 0 Å². The number of benzene rings is 1. The van der Waals surface area contributed by atoms with Crippen LogP contribution < -0.4 is 14.8 Å². The van der Waals surface area contributed by atoms with Crippen molar-refractivity contribution in [2.75, 3.05) is 20.3 Å². The van der Waals surface area contributed by atoms with E-state index in [4.69, 9.17) is 9.47 Å². The highest BCUT2D eigenvalue weighted by atomic mass is 32.2. The highest BCUT2D eigenvalue weighted by Crippen LogP contribution is 2.21. The molecule has 0 saturated heterocycles. The van der Waals surface area contributed by atoms with E-state index in [1.165, 1.54) is 12.1 Å². The first kappa shape index (κ1) is 20.4. The highest BCUT2D eigenvalue weighted by molar-refractivity contribution is 7.89. The summed E-state index contributed by atoms with van der Waals surface area (Å²) in [6, 6.07) is 4.23. The molecule has 0 aromatic heterocycles. The lowest BCUT2D eigenvalue weighted by molar-refractivity contribution is -0.124. The van der Waals surface area contributed by atoms with E-state index in [1.807, 2.05) is 6.92 Å². The summed E-state index contributed by atoms with van der Waals surface area (Å²) in [7, 11) is -1.99. The number of aryl methyl sites for hydroxylation is 1. The maximum atomic E-state index is 12.1. The zero-order chi connectivity index (χ0) is 18.3. The Hall–Kier alpha value is -1.64. The minimum absolute atomic E-state index is 0.109. The molecule has 1 rings (SSSR count). The van der Waals surface area contributed by atoms with Crippen LogP contribution in [0.3, 0.4) is 0 Å². The Morgan fingerprint density at radius 2 is 1.92 bits per heavy atom. The molecule has 0 fully saturated rings. The number of methoxy groups -OCH3 is 1. The lowest BCUT2D eigenvalue weighted by Gasteiger charge is -2.15. The minimum Gasteiger partial charge on any atom is -0.484 e. The number of rotatable bonds is 9. The van der Waals surface area contributed by atoms with Crippen molar-refractivity contribution in [1.82, 2.24) is 10.0 Å². The Kier molecular flexibility index (Phi) is 7.65. The van der Waals surface area contributed by atoms with Crippen LogP contribution in [0.1, 0.15) is 26.3 Å². The molecular weight excluding hydrogens is 332 g/mol. The van der Waals surface area contributed by atoms with Gasteiger partial charge in [-0.1, -0.05) is 0 Å². The number of hydrogen-bond donors (Lipinski definition) is 2. The van der Waals surface area contributed by atoms with E-state index >= 15 is 0 Å². The topological polar surface area (TPSA) is 93.7 Å². The lowest BCUT2D eigenvalue weighted by Crippen LogP contribution is -2.38. The summed E-state index contributed by atoms with van der Waals surface area (Å²) in [4.78, 5) is 11.9. The molecule has 24 heavy (non-hydrogen) atoms. The summed E-state index contributed by atoms with van der Waals surface area (Å²) in [5, 5.41) is 2.73. The van der Waals surface area contributed by atoms with Gasteiger partial charge in [-0.05, 0) is 51.5 Å². The Morgan fingerprint density at radius 1 is 1.25 bits per heavy atom. The summed E-state index contributed by atoms with van der Waals surface area (Å²) in [6.07, 6.45) is 0. The Balaban J connectivity index is 2.71. The van der Waals surface area contributed by atoms with Gasteiger partial charge < -0.3 is 14.8 Å². The summed E-state index contributed by atoms with van der Waals surface area (Å²) >= 11 is 0. The van der Waals surface area contributed by atoms with Crippen LogP contribution in [0.2, 0.25) is 0 Å². The largest absolute Gasteiger partial charge is 0.484 e. The van der Waals surface area contributed by atoms with Crippen molar-refractivity contribution in [3.05, 3.63) is 23.8 Å². The van der Waals surface area contributed by atoms with Gasteiger partial charge in [0.2, 0.25) is 10.0 Å². The zero-order valence-electron chi connectivity index (χ0n) is 14.8. The van der Waals surface area contributed by atoms with Crippen LogP contribution in [-0.2, 0) is 19.6 Å². The van der Waals surface area contributed by atoms with Gasteiger partial charge in [0.05, 0.1) is 11.5 Å². The maximum Gasteiger partial charge on any atom is 0.258 e. The van der Waals surface area contributed by atoms with E-state index in [1.54, 1.807) is 33.9 Å². The van der Waals surface area contributed by atoms with Crippen molar-refractivity contribution in [3.8, 4) is 5.75 Å². The fraction of sp³-hybridized carbons (Fsp3) is 0.562. The molecule has 1 atom stereocenters. The number of sulfonamides is 1. The van der Waals surface area contributed by atoms with Gasteiger partial charge in [-0.2, -0.15) is 0 Å². The third-order valence-electron chi connectivity index (χ3n) is 3.03. The lowest BCUT2D eigenvalue weighted by atomic mass is 10.2. The molecule has 0 aliphatic heterocycles. The average Bonchev–Trinajstić information content (AvgIpc) is 2.44. The van der Waals surface area contributed by atoms with E-state index in [0.717, 1.165) is 0 Å². The van der Waals surface area contributed by atoms with Gasteiger partial charge in [0, 0.05) is 19.2 Å². The molecular formula is C16H26N2O5S. The van der Waals surface area contributed by atoms with E-state index in [9.17, 15) is 13.2 Å². The van der Waals surface area contributed by atoms with Gasteiger partial charge in [0.15, 0.2) is 6.61 Å². The average molecular weight is 358 g/mol. The number of nitrogens with one attached hydrogen (secondary N) is 2. The first-order valence-electron chi connectivity index (χ1n) is 7.69. The van der Waals surface area contributed by atoms with Crippen molar-refractivity contribution in [2.45, 2.75) is 44.7 Å². The molecule has 2 N–H and O–H groups in total. The van der Waals surface area contributed by atoms with Gasteiger partial charge in [0.1, 0.15) is 5.75 Å². The minimum atomic E-state index is -3.55. The van der Waals surface area contributed by atoms with E-state index in [-0.39, 0.29) is 29.5 Å². The first-order valence-corrected chi connectivity index (χ1v) is 9.18. The molecule has 0 bridgehead atoms. The van der Waals surface area contributed by atoms with E-state index < -0.39 is 10.0 Å². The van der Waals surface area contributed by atoms with E-state index in [0.29, 0.717) is 17.9 Å². The molecule has 0 spiro atoms. The van der Waals surface area contributed by atoms with Crippen LogP contribution in [0.15, 0.2) is 23.1 Å². The van der Waals surface area contributed by atoms with Crippen molar-refractivity contribution in [1.29, 1.82) is 0 Å². The predicted molar refractivity (Wildman–Crippen MR) is 91.6 cm³/mol. The van der Waals surface area contributed by atoms with Crippen molar-refractivity contribution < 1.29 is 22.7 Å². The SMILES string of the molecule is COC[C@@H](C)NC(=O)COc1ccc(S(=O)(=O)NC(C)C)cc1C. The fourth-order valence-electron chi connectivity index (χ4n) is 2.08. The van der Waals surface area contributed by atoms with E-state index in [2.05, 4.69) is 10.0 Å². The van der Waals surface area contributed by atoms with Gasteiger partial charge >= 0.3 is 0 Å². The van der Waals surface area contributed by atoms with Gasteiger partial charge in [-0.25, -0.2) is 13.1 Å². The second-order valence-corrected chi connectivity index (χ2v) is 7.63. The Morgan fingerprint density at radius 3 is 2.46 bits per heavy atom. The molecule has 1 aromatic rings. The second kappa shape index (κ2) is 9.00. The van der Waals surface area contributed by atoms with Crippen LogP contribution >= 0.6 is 0 Å². The summed E-state index contributed by atoms with van der Waals surface area (Å²) in [5.41, 5.74) is 0.638. The summed E-state index contributed by atoms with van der Waals surface area (Å²) < 4.78 is 37.2. The molecule has 0 saturated carbocycles. The summed E-state index contributed by atoms with van der Waals surface area (Å²) in [6.45, 7) is 7.34. The predicted octanol–water partition coefficient (Wildman–Crippen LogP) is 1.21. The van der Waals surface area contributed by atoms with Crippen LogP contribution in [0.5, 0.6) is 5.75 Å². The molecule has 8 heteroatoms. The zero-order valence-corrected chi connectivity index (χ0v) is 15.6. The smallest absolute Gasteiger partial charge is 0.258 e. The number of carbonyl (C=O) groups excluding carboxylic acids is 1. The third-order valence-corrected chi connectivity index (χ3v) is 4.69. The molecule has 0 aliphatic carbocycles. The van der Waals surface area contributed by atoms with Gasteiger partial charge in [-0.15, -0.1) is 0 Å². The number of ether oxygens (including phenoxy) is 2. The number of amides is 1. The third kappa shape index (κ3) is 6.46. The molecule has 0 heterocycles. The first-order chi connectivity index (χ1) is 11.2. The van der Waals surface area contributed by atoms with Crippen LogP contribution in [0, 0.1) is 6.92 Å². The number of hydrogen-bond acceptors (Lipinski definition) is 5. The summed E-state index contributed by atoms with van der Waals surface area (Å²) in [5.74, 6) is 0.199. The van der Waals surface area contributed by atoms with Crippen molar-refractivity contribution in [2.24, 2.45) is 0 Å². The molecule has 0 aliphatic rings. The molecule has 1 amide bonds. The second-order valence-electron chi connectivity index (χ2n) is 5.92. The molecule has 136 valence electrons. The maximum absolute atomic E-state index is 12.1. The molecule has 0 radical (unpaired) electrons. The van der Waals surface area contributed by atoms with Crippen LogP contribution in [0.4, 0.5) is 0 Å². The fourth-order valence-corrected chi connectivity index (χ4v) is 3.42.